The van der Waals surface area contributed by atoms with Gasteiger partial charge in [0.15, 0.2) is 6.61 Å². The second kappa shape index (κ2) is 6.61. The Kier molecular flexibility index (Phi) is 4.84. The molecule has 0 spiro atoms. The highest BCUT2D eigenvalue weighted by molar-refractivity contribution is 5.77. The predicted molar refractivity (Wildman–Crippen MR) is 74.9 cm³/mol. The normalized spacial score (nSPS) is 22.4. The van der Waals surface area contributed by atoms with Crippen molar-refractivity contribution < 1.29 is 19.4 Å². The third-order valence-corrected chi connectivity index (χ3v) is 3.69. The lowest BCUT2D eigenvalue weighted by atomic mass is 9.96. The minimum atomic E-state index is -0.436. The van der Waals surface area contributed by atoms with Gasteiger partial charge in [0.1, 0.15) is 11.5 Å². The first-order valence-electron chi connectivity index (χ1n) is 6.83. The van der Waals surface area contributed by atoms with Crippen LogP contribution in [0.5, 0.6) is 11.5 Å². The fourth-order valence-corrected chi connectivity index (χ4v) is 2.18. The number of ether oxygens (including phenoxy) is 2. The van der Waals surface area contributed by atoms with Gasteiger partial charge in [0.25, 0.3) is 5.91 Å². The average Bonchev–Trinajstić information content (AvgIpc) is 2.48. The van der Waals surface area contributed by atoms with Crippen LogP contribution < -0.4 is 9.47 Å². The van der Waals surface area contributed by atoms with Crippen LogP contribution in [0.4, 0.5) is 0 Å². The number of rotatable bonds is 4. The molecule has 1 N–H and O–H groups in total. The molecule has 2 atom stereocenters. The summed E-state index contributed by atoms with van der Waals surface area (Å²) in [7, 11) is 1.60. The number of carbonyl (C=O) groups is 1. The first-order chi connectivity index (χ1) is 9.60. The van der Waals surface area contributed by atoms with E-state index in [0.717, 1.165) is 12.2 Å². The molecule has 1 aromatic rings. The van der Waals surface area contributed by atoms with Crippen molar-refractivity contribution in [3.8, 4) is 11.5 Å². The van der Waals surface area contributed by atoms with E-state index in [2.05, 4.69) is 0 Å². The van der Waals surface area contributed by atoms with E-state index in [1.807, 2.05) is 6.92 Å². The standard InChI is InChI=1S/C15H21NO4/c1-11-7-8-16(9-14(11)17)15(18)10-20-13-5-3-12(19-2)4-6-13/h3-6,11,14,17H,7-10H2,1-2H3. The molecule has 1 fully saturated rings. The fourth-order valence-electron chi connectivity index (χ4n) is 2.18. The van der Waals surface area contributed by atoms with Crippen LogP contribution >= 0.6 is 0 Å². The van der Waals surface area contributed by atoms with Gasteiger partial charge < -0.3 is 19.5 Å². The molecule has 1 heterocycles. The number of nitrogens with zero attached hydrogens (tertiary/aromatic N) is 1. The second-order valence-electron chi connectivity index (χ2n) is 5.14. The van der Waals surface area contributed by atoms with Gasteiger partial charge in [-0.25, -0.2) is 0 Å². The van der Waals surface area contributed by atoms with Gasteiger partial charge in [-0.15, -0.1) is 0 Å². The number of benzene rings is 1. The molecule has 2 rings (SSSR count). The molecule has 20 heavy (non-hydrogen) atoms. The van der Waals surface area contributed by atoms with E-state index in [1.54, 1.807) is 36.3 Å². The molecule has 1 aliphatic rings. The maximum atomic E-state index is 12.0. The first-order valence-corrected chi connectivity index (χ1v) is 6.83. The minimum absolute atomic E-state index is 0.00652. The van der Waals surface area contributed by atoms with Crippen molar-refractivity contribution in [1.29, 1.82) is 0 Å². The van der Waals surface area contributed by atoms with Crippen molar-refractivity contribution in [2.45, 2.75) is 19.4 Å². The SMILES string of the molecule is COc1ccc(OCC(=O)N2CCC(C)C(O)C2)cc1. The Morgan fingerprint density at radius 2 is 2.00 bits per heavy atom. The van der Waals surface area contributed by atoms with Crippen molar-refractivity contribution in [1.82, 2.24) is 4.90 Å². The van der Waals surface area contributed by atoms with Gasteiger partial charge in [-0.1, -0.05) is 6.92 Å². The summed E-state index contributed by atoms with van der Waals surface area (Å²) < 4.78 is 10.5. The smallest absolute Gasteiger partial charge is 0.260 e. The average molecular weight is 279 g/mol. The van der Waals surface area contributed by atoms with Crippen LogP contribution in [-0.4, -0.2) is 48.8 Å². The van der Waals surface area contributed by atoms with Crippen molar-refractivity contribution in [2.75, 3.05) is 26.8 Å². The number of likely N-dealkylation sites (tertiary alicyclic amines) is 1. The Morgan fingerprint density at radius 1 is 1.35 bits per heavy atom. The van der Waals surface area contributed by atoms with Crippen molar-refractivity contribution in [3.63, 3.8) is 0 Å². The highest BCUT2D eigenvalue weighted by Gasteiger charge is 2.27. The number of aliphatic hydroxyl groups is 1. The van der Waals surface area contributed by atoms with E-state index in [-0.39, 0.29) is 18.4 Å². The van der Waals surface area contributed by atoms with Crippen LogP contribution in [-0.2, 0) is 4.79 Å². The molecule has 0 bridgehead atoms. The first kappa shape index (κ1) is 14.7. The Morgan fingerprint density at radius 3 is 2.60 bits per heavy atom. The van der Waals surface area contributed by atoms with Crippen LogP contribution in [0.25, 0.3) is 0 Å². The van der Waals surface area contributed by atoms with Crippen LogP contribution in [0, 0.1) is 5.92 Å². The molecule has 0 aromatic heterocycles. The van der Waals surface area contributed by atoms with E-state index in [1.165, 1.54) is 0 Å². The Labute approximate surface area is 119 Å². The monoisotopic (exact) mass is 279 g/mol. The molecule has 1 aromatic carbocycles. The van der Waals surface area contributed by atoms with E-state index in [0.29, 0.717) is 18.8 Å². The van der Waals surface area contributed by atoms with Gasteiger partial charge in [-0.3, -0.25) is 4.79 Å². The van der Waals surface area contributed by atoms with E-state index >= 15 is 0 Å². The Bertz CT molecular complexity index is 446. The number of piperidine rings is 1. The molecule has 0 aliphatic carbocycles. The predicted octanol–water partition coefficient (Wildman–Crippen LogP) is 1.30. The highest BCUT2D eigenvalue weighted by Crippen LogP contribution is 2.19. The van der Waals surface area contributed by atoms with Crippen LogP contribution in [0.1, 0.15) is 13.3 Å². The summed E-state index contributed by atoms with van der Waals surface area (Å²) in [6.45, 7) is 3.07. The summed E-state index contributed by atoms with van der Waals surface area (Å²) in [5.74, 6) is 1.54. The molecule has 1 aliphatic heterocycles. The van der Waals surface area contributed by atoms with Gasteiger partial charge in [-0.05, 0) is 36.6 Å². The quantitative estimate of drug-likeness (QED) is 0.902. The summed E-state index contributed by atoms with van der Waals surface area (Å²) >= 11 is 0. The zero-order valence-corrected chi connectivity index (χ0v) is 11.9. The largest absolute Gasteiger partial charge is 0.497 e. The maximum Gasteiger partial charge on any atom is 0.260 e. The number of methoxy groups -OCH3 is 1. The van der Waals surface area contributed by atoms with Gasteiger partial charge in [0.2, 0.25) is 0 Å². The molecule has 1 amide bonds. The molecule has 0 saturated carbocycles. The van der Waals surface area contributed by atoms with E-state index in [4.69, 9.17) is 9.47 Å². The summed E-state index contributed by atoms with van der Waals surface area (Å²) in [5, 5.41) is 9.79. The number of β-amino-alcohol motifs (C(OH)–C–C–N with tert-alkyl or cyclic N) is 1. The van der Waals surface area contributed by atoms with E-state index in [9.17, 15) is 9.90 Å². The molecular weight excluding hydrogens is 258 g/mol. The van der Waals surface area contributed by atoms with Gasteiger partial charge >= 0.3 is 0 Å². The Hall–Kier alpha value is -1.75. The molecular formula is C15H21NO4. The van der Waals surface area contributed by atoms with Crippen molar-refractivity contribution in [3.05, 3.63) is 24.3 Å². The minimum Gasteiger partial charge on any atom is -0.497 e. The number of amides is 1. The number of hydrogen-bond donors (Lipinski definition) is 1. The van der Waals surface area contributed by atoms with Crippen LogP contribution in [0.15, 0.2) is 24.3 Å². The molecule has 1 saturated heterocycles. The van der Waals surface area contributed by atoms with Gasteiger partial charge in [0.05, 0.1) is 13.2 Å². The van der Waals surface area contributed by atoms with Gasteiger partial charge in [-0.2, -0.15) is 0 Å². The summed E-state index contributed by atoms with van der Waals surface area (Å²) in [5.41, 5.74) is 0. The van der Waals surface area contributed by atoms with Gasteiger partial charge in [0, 0.05) is 13.1 Å². The van der Waals surface area contributed by atoms with E-state index < -0.39 is 6.10 Å². The molecule has 5 heteroatoms. The molecule has 2 unspecified atom stereocenters. The molecule has 0 radical (unpaired) electrons. The lowest BCUT2D eigenvalue weighted by molar-refractivity contribution is -0.137. The van der Waals surface area contributed by atoms with Crippen molar-refractivity contribution in [2.24, 2.45) is 5.92 Å². The lowest BCUT2D eigenvalue weighted by Crippen LogP contribution is -2.47. The third-order valence-electron chi connectivity index (χ3n) is 3.69. The van der Waals surface area contributed by atoms with Crippen LogP contribution in [0.2, 0.25) is 0 Å². The number of hydrogen-bond acceptors (Lipinski definition) is 4. The second-order valence-corrected chi connectivity index (χ2v) is 5.14. The summed E-state index contributed by atoms with van der Waals surface area (Å²) in [6, 6.07) is 7.09. The zero-order chi connectivity index (χ0) is 14.5. The maximum absolute atomic E-state index is 12.0. The lowest BCUT2D eigenvalue weighted by Gasteiger charge is -2.34. The Balaban J connectivity index is 1.82. The topological polar surface area (TPSA) is 59.0 Å². The molecule has 110 valence electrons. The molecule has 5 nitrogen and oxygen atoms in total. The summed E-state index contributed by atoms with van der Waals surface area (Å²) in [6.07, 6.45) is 0.392. The third kappa shape index (κ3) is 3.63. The summed E-state index contributed by atoms with van der Waals surface area (Å²) in [4.78, 5) is 13.7. The number of carbonyl (C=O) groups excluding carboxylic acids is 1. The van der Waals surface area contributed by atoms with Crippen molar-refractivity contribution >= 4 is 5.91 Å². The fraction of sp³-hybridized carbons (Fsp3) is 0.533. The zero-order valence-electron chi connectivity index (χ0n) is 11.9. The van der Waals surface area contributed by atoms with Crippen LogP contribution in [0.3, 0.4) is 0 Å². The highest BCUT2D eigenvalue weighted by atomic mass is 16.5. The number of aliphatic hydroxyl groups excluding tert-OH is 1.